The Morgan fingerprint density at radius 2 is 1.83 bits per heavy atom. The van der Waals surface area contributed by atoms with Crippen molar-refractivity contribution in [2.24, 2.45) is 11.1 Å². The maximum absolute atomic E-state index is 12.1. The normalized spacial score (nSPS) is 21.3. The van der Waals surface area contributed by atoms with Gasteiger partial charge in [0.15, 0.2) is 0 Å². The molecule has 1 atom stereocenters. The predicted molar refractivity (Wildman–Crippen MR) is 81.3 cm³/mol. The first kappa shape index (κ1) is 15.6. The summed E-state index contributed by atoms with van der Waals surface area (Å²) in [5, 5.41) is 5.02. The number of primary sulfonamides is 1. The molecule has 9 heteroatoms. The van der Waals surface area contributed by atoms with Crippen LogP contribution in [0.2, 0.25) is 0 Å². The number of imide groups is 1. The Morgan fingerprint density at radius 3 is 2.48 bits per heavy atom. The van der Waals surface area contributed by atoms with Crippen LogP contribution in [-0.4, -0.2) is 50.4 Å². The lowest BCUT2D eigenvalue weighted by Crippen LogP contribution is -2.27. The van der Waals surface area contributed by atoms with E-state index in [-0.39, 0.29) is 42.0 Å². The largest absolute Gasteiger partial charge is 0.312 e. The highest BCUT2D eigenvalue weighted by molar-refractivity contribution is 7.89. The van der Waals surface area contributed by atoms with Crippen molar-refractivity contribution in [1.29, 1.82) is 0 Å². The molecule has 0 saturated carbocycles. The van der Waals surface area contributed by atoms with Crippen LogP contribution in [0.15, 0.2) is 18.2 Å². The van der Waals surface area contributed by atoms with Crippen LogP contribution in [0.4, 0.5) is 5.69 Å². The molecule has 0 spiro atoms. The maximum Gasteiger partial charge on any atom is 0.261 e. The Kier molecular flexibility index (Phi) is 3.49. The number of hydrogen-bond acceptors (Lipinski definition) is 5. The van der Waals surface area contributed by atoms with Crippen molar-refractivity contribution < 1.29 is 22.8 Å². The molecule has 2 N–H and O–H groups in total. The fourth-order valence-corrected chi connectivity index (χ4v) is 3.87. The van der Waals surface area contributed by atoms with E-state index in [1.807, 2.05) is 0 Å². The first-order valence-electron chi connectivity index (χ1n) is 6.94. The molecule has 8 nitrogen and oxygen atoms in total. The first-order chi connectivity index (χ1) is 10.7. The van der Waals surface area contributed by atoms with Crippen molar-refractivity contribution in [3.8, 4) is 0 Å². The molecule has 1 aromatic carbocycles. The summed E-state index contributed by atoms with van der Waals surface area (Å²) in [6.07, 6.45) is 0.0836. The number of carbonyl (C=O) groups excluding carboxylic acids is 3. The van der Waals surface area contributed by atoms with E-state index >= 15 is 0 Å². The number of hydrogen-bond donors (Lipinski definition) is 1. The highest BCUT2D eigenvalue weighted by atomic mass is 32.2. The average Bonchev–Trinajstić information content (AvgIpc) is 2.91. The monoisotopic (exact) mass is 337 g/mol. The highest BCUT2D eigenvalue weighted by Crippen LogP contribution is 2.30. The molecule has 0 radical (unpaired) electrons. The van der Waals surface area contributed by atoms with Crippen LogP contribution in [0.5, 0.6) is 0 Å². The molecule has 1 aromatic rings. The van der Waals surface area contributed by atoms with E-state index in [0.29, 0.717) is 11.3 Å². The molecule has 1 saturated heterocycles. The van der Waals surface area contributed by atoms with Crippen molar-refractivity contribution >= 4 is 33.4 Å². The number of fused-ring (bicyclic) bond motifs is 1. The van der Waals surface area contributed by atoms with Gasteiger partial charge in [-0.15, -0.1) is 0 Å². The first-order valence-corrected chi connectivity index (χ1v) is 8.66. The summed E-state index contributed by atoms with van der Waals surface area (Å²) in [5.74, 6) is -1.68. The van der Waals surface area contributed by atoms with Crippen LogP contribution < -0.4 is 10.0 Å². The van der Waals surface area contributed by atoms with E-state index in [1.165, 1.54) is 24.1 Å². The van der Waals surface area contributed by atoms with Gasteiger partial charge in [0.1, 0.15) is 0 Å². The van der Waals surface area contributed by atoms with Gasteiger partial charge in [0.05, 0.1) is 16.9 Å². The van der Waals surface area contributed by atoms with Gasteiger partial charge in [0.2, 0.25) is 15.9 Å². The van der Waals surface area contributed by atoms with Crippen molar-refractivity contribution in [2.75, 3.05) is 24.2 Å². The molecular weight excluding hydrogens is 322 g/mol. The zero-order valence-corrected chi connectivity index (χ0v) is 13.2. The summed E-state index contributed by atoms with van der Waals surface area (Å²) in [7, 11) is -2.26. The van der Waals surface area contributed by atoms with Gasteiger partial charge in [0.25, 0.3) is 11.8 Å². The van der Waals surface area contributed by atoms with Gasteiger partial charge >= 0.3 is 0 Å². The van der Waals surface area contributed by atoms with Crippen molar-refractivity contribution in [3.05, 3.63) is 29.3 Å². The SMILES string of the molecule is CN1C(=O)c2ccc(N3CC(CS(N)(=O)=O)CC3=O)cc2C1=O. The predicted octanol–water partition coefficient (Wildman–Crippen LogP) is -0.446. The highest BCUT2D eigenvalue weighted by Gasteiger charge is 2.36. The van der Waals surface area contributed by atoms with Gasteiger partial charge in [-0.2, -0.15) is 0 Å². The summed E-state index contributed by atoms with van der Waals surface area (Å²) < 4.78 is 22.3. The van der Waals surface area contributed by atoms with Gasteiger partial charge in [-0.05, 0) is 18.2 Å². The summed E-state index contributed by atoms with van der Waals surface area (Å²) in [5.41, 5.74) is 1.02. The van der Waals surface area contributed by atoms with Crippen molar-refractivity contribution in [3.63, 3.8) is 0 Å². The third kappa shape index (κ3) is 2.73. The molecule has 2 aliphatic rings. The van der Waals surface area contributed by atoms with Crippen LogP contribution in [0, 0.1) is 5.92 Å². The number of anilines is 1. The average molecular weight is 337 g/mol. The third-order valence-electron chi connectivity index (χ3n) is 4.06. The zero-order chi connectivity index (χ0) is 16.9. The Bertz CT molecular complexity index is 833. The fourth-order valence-electron chi connectivity index (χ4n) is 2.99. The van der Waals surface area contributed by atoms with Crippen LogP contribution >= 0.6 is 0 Å². The summed E-state index contributed by atoms with van der Waals surface area (Å²) >= 11 is 0. The Balaban J connectivity index is 1.88. The number of benzene rings is 1. The number of nitrogens with zero attached hydrogens (tertiary/aromatic N) is 2. The summed E-state index contributed by atoms with van der Waals surface area (Å²) in [6.45, 7) is 0.214. The molecule has 2 heterocycles. The lowest BCUT2D eigenvalue weighted by atomic mass is 10.1. The second-order valence-electron chi connectivity index (χ2n) is 5.80. The molecular formula is C14H15N3O5S. The number of carbonyl (C=O) groups is 3. The Labute approximate surface area is 132 Å². The van der Waals surface area contributed by atoms with Gasteiger partial charge in [0, 0.05) is 31.6 Å². The molecule has 2 aliphatic heterocycles. The van der Waals surface area contributed by atoms with E-state index in [2.05, 4.69) is 0 Å². The van der Waals surface area contributed by atoms with Gasteiger partial charge in [-0.3, -0.25) is 19.3 Å². The molecule has 3 rings (SSSR count). The third-order valence-corrected chi connectivity index (χ3v) is 4.99. The second-order valence-corrected chi connectivity index (χ2v) is 7.46. The molecule has 1 unspecified atom stereocenters. The van der Waals surface area contributed by atoms with E-state index in [1.54, 1.807) is 6.07 Å². The summed E-state index contributed by atoms with van der Waals surface area (Å²) in [4.78, 5) is 38.4. The minimum Gasteiger partial charge on any atom is -0.312 e. The molecule has 23 heavy (non-hydrogen) atoms. The Morgan fingerprint density at radius 1 is 1.17 bits per heavy atom. The molecule has 0 aliphatic carbocycles. The van der Waals surface area contributed by atoms with Crippen LogP contribution in [0.3, 0.4) is 0 Å². The lowest BCUT2D eigenvalue weighted by Gasteiger charge is -2.17. The van der Waals surface area contributed by atoms with Crippen molar-refractivity contribution in [2.45, 2.75) is 6.42 Å². The van der Waals surface area contributed by atoms with E-state index in [9.17, 15) is 22.8 Å². The lowest BCUT2D eigenvalue weighted by molar-refractivity contribution is -0.117. The molecule has 1 fully saturated rings. The summed E-state index contributed by atoms with van der Waals surface area (Å²) in [6, 6.07) is 4.59. The molecule has 122 valence electrons. The quantitative estimate of drug-likeness (QED) is 0.750. The van der Waals surface area contributed by atoms with Crippen LogP contribution in [0.1, 0.15) is 27.1 Å². The van der Waals surface area contributed by atoms with Crippen LogP contribution in [-0.2, 0) is 14.8 Å². The number of nitrogens with two attached hydrogens (primary N) is 1. The van der Waals surface area contributed by atoms with E-state index < -0.39 is 15.9 Å². The fraction of sp³-hybridized carbons (Fsp3) is 0.357. The maximum atomic E-state index is 12.1. The van der Waals surface area contributed by atoms with Gasteiger partial charge in [-0.25, -0.2) is 13.6 Å². The standard InChI is InChI=1S/C14H15N3O5S/c1-16-13(19)10-3-2-9(5-11(10)14(16)20)17-6-8(4-12(17)18)7-23(15,21)22/h2-3,5,8H,4,6-7H2,1H3,(H2,15,21,22). The zero-order valence-electron chi connectivity index (χ0n) is 12.4. The Hall–Kier alpha value is -2.26. The second kappa shape index (κ2) is 5.14. The number of amides is 3. The minimum absolute atomic E-state index is 0.0836. The molecule has 0 aromatic heterocycles. The van der Waals surface area contributed by atoms with Gasteiger partial charge in [-0.1, -0.05) is 0 Å². The number of sulfonamides is 1. The molecule has 0 bridgehead atoms. The topological polar surface area (TPSA) is 118 Å². The van der Waals surface area contributed by atoms with Gasteiger partial charge < -0.3 is 4.90 Å². The minimum atomic E-state index is -3.65. The van der Waals surface area contributed by atoms with E-state index in [0.717, 1.165) is 4.90 Å². The van der Waals surface area contributed by atoms with Crippen LogP contribution in [0.25, 0.3) is 0 Å². The number of rotatable bonds is 3. The smallest absolute Gasteiger partial charge is 0.261 e. The van der Waals surface area contributed by atoms with E-state index in [4.69, 9.17) is 5.14 Å². The van der Waals surface area contributed by atoms with Crippen molar-refractivity contribution in [1.82, 2.24) is 4.90 Å². The molecule has 3 amide bonds.